The van der Waals surface area contributed by atoms with Crippen molar-refractivity contribution in [3.8, 4) is 0 Å². The molecule has 3 saturated carbocycles. The van der Waals surface area contributed by atoms with E-state index in [1.807, 2.05) is 18.2 Å². The number of ether oxygens (including phenoxy) is 1. The highest BCUT2D eigenvalue weighted by Gasteiger charge is 2.76. The van der Waals surface area contributed by atoms with Crippen molar-refractivity contribution in [3.63, 3.8) is 0 Å². The molecule has 2 heteroatoms. The summed E-state index contributed by atoms with van der Waals surface area (Å²) < 4.78 is 6.41. The summed E-state index contributed by atoms with van der Waals surface area (Å²) in [7, 11) is 0. The quantitative estimate of drug-likeness (QED) is 0.834. The lowest BCUT2D eigenvalue weighted by molar-refractivity contribution is -0.133. The number of aliphatic hydroxyl groups is 1. The van der Waals surface area contributed by atoms with E-state index in [9.17, 15) is 5.11 Å². The third-order valence-corrected chi connectivity index (χ3v) is 7.34. The van der Waals surface area contributed by atoms with Crippen LogP contribution in [0.25, 0.3) is 0 Å². The molecule has 0 amide bonds. The first-order valence-corrected chi connectivity index (χ1v) is 9.00. The highest BCUT2D eigenvalue weighted by Crippen LogP contribution is 2.74. The second-order valence-electron chi connectivity index (χ2n) is 8.37. The zero-order valence-electron chi connectivity index (χ0n) is 14.3. The van der Waals surface area contributed by atoms with Gasteiger partial charge in [0.1, 0.15) is 5.60 Å². The van der Waals surface area contributed by atoms with Crippen LogP contribution in [0.3, 0.4) is 0 Å². The highest BCUT2D eigenvalue weighted by atomic mass is 16.5. The van der Waals surface area contributed by atoms with E-state index in [2.05, 4.69) is 32.6 Å². The maximum Gasteiger partial charge on any atom is 0.101 e. The monoisotopic (exact) mass is 312 g/mol. The van der Waals surface area contributed by atoms with Gasteiger partial charge in [-0.25, -0.2) is 0 Å². The van der Waals surface area contributed by atoms with E-state index in [1.54, 1.807) is 0 Å². The molecular formula is C21H28O2. The first-order chi connectivity index (χ1) is 10.9. The van der Waals surface area contributed by atoms with Crippen LogP contribution >= 0.6 is 0 Å². The first kappa shape index (κ1) is 15.4. The molecule has 0 unspecified atom stereocenters. The van der Waals surface area contributed by atoms with Crippen molar-refractivity contribution in [2.75, 3.05) is 0 Å². The molecule has 1 aromatic carbocycles. The van der Waals surface area contributed by atoms with Crippen LogP contribution in [0.1, 0.15) is 51.5 Å². The molecule has 2 bridgehead atoms. The predicted molar refractivity (Wildman–Crippen MR) is 91.9 cm³/mol. The van der Waals surface area contributed by atoms with E-state index >= 15 is 0 Å². The molecule has 0 aliphatic heterocycles. The largest absolute Gasteiger partial charge is 0.386 e. The van der Waals surface area contributed by atoms with Crippen LogP contribution in [0.15, 0.2) is 42.5 Å². The molecule has 3 aliphatic carbocycles. The molecule has 0 aromatic heterocycles. The Morgan fingerprint density at radius 3 is 2.70 bits per heavy atom. The van der Waals surface area contributed by atoms with E-state index in [0.717, 1.165) is 32.1 Å². The van der Waals surface area contributed by atoms with Crippen molar-refractivity contribution in [2.45, 2.75) is 64.3 Å². The Balaban J connectivity index is 1.69. The van der Waals surface area contributed by atoms with Crippen LogP contribution < -0.4 is 0 Å². The molecule has 0 heterocycles. The fourth-order valence-electron chi connectivity index (χ4n) is 6.35. The van der Waals surface area contributed by atoms with Crippen LogP contribution in [0.2, 0.25) is 0 Å². The Kier molecular flexibility index (Phi) is 3.31. The van der Waals surface area contributed by atoms with Gasteiger partial charge in [-0.15, -0.1) is 0 Å². The van der Waals surface area contributed by atoms with Crippen LogP contribution in [0.5, 0.6) is 0 Å². The van der Waals surface area contributed by atoms with E-state index < -0.39 is 5.60 Å². The average molecular weight is 312 g/mol. The second kappa shape index (κ2) is 4.94. The standard InChI is InChI=1S/C21H28O2/c1-15-10-11-17-18(23-14-16-8-5-4-6-9-16)21(22)13-7-12-20(15,21)19(17,2)3/h4-6,8-9,17-18,22H,1,7,10-14H2,2-3H3/t17-,18+,20-,21+/m1/s1. The first-order valence-electron chi connectivity index (χ1n) is 9.00. The van der Waals surface area contributed by atoms with E-state index in [1.165, 1.54) is 11.1 Å². The van der Waals surface area contributed by atoms with E-state index in [0.29, 0.717) is 12.5 Å². The molecule has 4 atom stereocenters. The van der Waals surface area contributed by atoms with Crippen molar-refractivity contribution in [1.82, 2.24) is 0 Å². The topological polar surface area (TPSA) is 29.5 Å². The average Bonchev–Trinajstić information content (AvgIpc) is 2.91. The fourth-order valence-corrected chi connectivity index (χ4v) is 6.35. The van der Waals surface area contributed by atoms with Gasteiger partial charge in [0, 0.05) is 5.41 Å². The third kappa shape index (κ3) is 1.77. The molecule has 1 aromatic rings. The minimum absolute atomic E-state index is 0.0644. The Morgan fingerprint density at radius 1 is 1.22 bits per heavy atom. The summed E-state index contributed by atoms with van der Waals surface area (Å²) in [6.07, 6.45) is 5.07. The van der Waals surface area contributed by atoms with Crippen LogP contribution in [-0.4, -0.2) is 16.8 Å². The maximum absolute atomic E-state index is 11.7. The van der Waals surface area contributed by atoms with Crippen molar-refractivity contribution in [3.05, 3.63) is 48.0 Å². The Morgan fingerprint density at radius 2 is 1.96 bits per heavy atom. The minimum atomic E-state index is -0.733. The third-order valence-electron chi connectivity index (χ3n) is 7.34. The normalized spacial score (nSPS) is 41.1. The zero-order valence-corrected chi connectivity index (χ0v) is 14.3. The van der Waals surface area contributed by atoms with Gasteiger partial charge in [0.2, 0.25) is 0 Å². The number of hydrogen-bond acceptors (Lipinski definition) is 2. The molecule has 0 saturated heterocycles. The Bertz CT molecular complexity index is 620. The lowest BCUT2D eigenvalue weighted by atomic mass is 9.54. The van der Waals surface area contributed by atoms with Crippen molar-refractivity contribution in [2.24, 2.45) is 16.7 Å². The summed E-state index contributed by atoms with van der Waals surface area (Å²) in [5, 5.41) is 11.7. The van der Waals surface area contributed by atoms with Gasteiger partial charge in [0.15, 0.2) is 0 Å². The Labute approximate surface area is 139 Å². The molecule has 1 N–H and O–H groups in total. The van der Waals surface area contributed by atoms with Gasteiger partial charge in [-0.1, -0.05) is 56.3 Å². The summed E-state index contributed by atoms with van der Waals surface area (Å²) in [6.45, 7) is 9.67. The SMILES string of the molecule is C=C1CC[C@@H]2[C@H](OCc3ccccc3)[C@@]3(O)CCC[C@]13C2(C)C. The lowest BCUT2D eigenvalue weighted by Crippen LogP contribution is -2.51. The van der Waals surface area contributed by atoms with Crippen LogP contribution in [0.4, 0.5) is 0 Å². The summed E-state index contributed by atoms with van der Waals surface area (Å²) in [6, 6.07) is 10.3. The zero-order chi connectivity index (χ0) is 16.3. The van der Waals surface area contributed by atoms with Gasteiger partial charge in [0.05, 0.1) is 12.7 Å². The maximum atomic E-state index is 11.7. The summed E-state index contributed by atoms with van der Waals surface area (Å²) in [5.41, 5.74) is 1.63. The summed E-state index contributed by atoms with van der Waals surface area (Å²) in [5.74, 6) is 0.419. The summed E-state index contributed by atoms with van der Waals surface area (Å²) >= 11 is 0. The van der Waals surface area contributed by atoms with Crippen molar-refractivity contribution >= 4 is 0 Å². The minimum Gasteiger partial charge on any atom is -0.386 e. The van der Waals surface area contributed by atoms with Gasteiger partial charge in [-0.3, -0.25) is 0 Å². The lowest BCUT2D eigenvalue weighted by Gasteiger charge is -2.51. The van der Waals surface area contributed by atoms with Gasteiger partial charge in [-0.2, -0.15) is 0 Å². The molecule has 3 aliphatic rings. The van der Waals surface area contributed by atoms with Crippen LogP contribution in [0, 0.1) is 16.7 Å². The highest BCUT2D eigenvalue weighted by molar-refractivity contribution is 5.36. The van der Waals surface area contributed by atoms with Gasteiger partial charge in [0.25, 0.3) is 0 Å². The number of fused-ring (bicyclic) bond motifs is 1. The predicted octanol–water partition coefficient (Wildman–Crippen LogP) is 4.48. The smallest absolute Gasteiger partial charge is 0.101 e. The van der Waals surface area contributed by atoms with Gasteiger partial charge >= 0.3 is 0 Å². The van der Waals surface area contributed by atoms with Gasteiger partial charge in [-0.05, 0) is 49.0 Å². The fraction of sp³-hybridized carbons (Fsp3) is 0.619. The number of rotatable bonds is 3. The van der Waals surface area contributed by atoms with Gasteiger partial charge < -0.3 is 9.84 Å². The number of benzene rings is 1. The van der Waals surface area contributed by atoms with E-state index in [-0.39, 0.29) is 16.9 Å². The molecule has 2 nitrogen and oxygen atoms in total. The molecular weight excluding hydrogens is 284 g/mol. The molecule has 1 spiro atoms. The van der Waals surface area contributed by atoms with Crippen molar-refractivity contribution < 1.29 is 9.84 Å². The van der Waals surface area contributed by atoms with Crippen LogP contribution in [-0.2, 0) is 11.3 Å². The molecule has 3 fully saturated rings. The summed E-state index contributed by atoms with van der Waals surface area (Å²) in [4.78, 5) is 0. The molecule has 124 valence electrons. The second-order valence-corrected chi connectivity index (χ2v) is 8.37. The van der Waals surface area contributed by atoms with E-state index in [4.69, 9.17) is 4.74 Å². The Hall–Kier alpha value is -1.12. The molecule has 4 rings (SSSR count). The molecule has 0 radical (unpaired) electrons. The number of hydrogen-bond donors (Lipinski definition) is 1. The van der Waals surface area contributed by atoms with Crippen molar-refractivity contribution in [1.29, 1.82) is 0 Å². The molecule has 23 heavy (non-hydrogen) atoms.